The number of likely N-dealkylation sites (N-methyl/N-ethyl adjacent to an activating group) is 1. The van der Waals surface area contributed by atoms with Crippen LogP contribution in [0.15, 0.2) is 30.0 Å². The third kappa shape index (κ3) is 1.73. The van der Waals surface area contributed by atoms with Crippen molar-refractivity contribution < 1.29 is 19.1 Å². The fourth-order valence-electron chi connectivity index (χ4n) is 1.75. The van der Waals surface area contributed by atoms with Gasteiger partial charge in [-0.25, -0.2) is 14.0 Å². The van der Waals surface area contributed by atoms with Gasteiger partial charge in [0.05, 0.1) is 5.57 Å². The summed E-state index contributed by atoms with van der Waals surface area (Å²) in [5, 5.41) is 8.97. The normalized spacial score (nSPS) is 13.9. The second-order valence-corrected chi connectivity index (χ2v) is 3.57. The van der Waals surface area contributed by atoms with Gasteiger partial charge in [0.2, 0.25) is 0 Å². The fraction of sp³-hybridized carbons (Fsp3) is 0.0833. The molecular weight excluding hydrogens is 225 g/mol. The number of benzene rings is 1. The molecule has 1 aromatic rings. The summed E-state index contributed by atoms with van der Waals surface area (Å²) in [6.07, 6.45) is 1.18. The third-order valence-corrected chi connectivity index (χ3v) is 2.58. The van der Waals surface area contributed by atoms with Gasteiger partial charge in [-0.1, -0.05) is 0 Å². The van der Waals surface area contributed by atoms with Gasteiger partial charge in [0.1, 0.15) is 17.5 Å². The molecule has 0 fully saturated rings. The van der Waals surface area contributed by atoms with Gasteiger partial charge in [0.25, 0.3) is 0 Å². The van der Waals surface area contributed by atoms with Crippen LogP contribution in [0.5, 0.6) is 0 Å². The second kappa shape index (κ2) is 3.88. The lowest BCUT2D eigenvalue weighted by Gasteiger charge is -2.26. The summed E-state index contributed by atoms with van der Waals surface area (Å²) in [6, 6.07) is 3.82. The van der Waals surface area contributed by atoms with E-state index in [0.717, 1.165) is 0 Å². The summed E-state index contributed by atoms with van der Waals surface area (Å²) in [5.74, 6) is -0.0197. The summed E-state index contributed by atoms with van der Waals surface area (Å²) in [4.78, 5) is 23.1. The number of nitrogens with zero attached hydrogens (tertiary/aromatic N) is 1. The number of allylic oxidation sites excluding steroid dienone is 2. The van der Waals surface area contributed by atoms with Crippen LogP contribution in [0.25, 0.3) is 5.57 Å². The Morgan fingerprint density at radius 2 is 2.18 bits per heavy atom. The van der Waals surface area contributed by atoms with E-state index in [4.69, 9.17) is 5.11 Å². The summed E-state index contributed by atoms with van der Waals surface area (Å²) in [5.41, 5.74) is 0.787. The Morgan fingerprint density at radius 1 is 1.47 bits per heavy atom. The molecular formula is C12H8FNO3. The first-order valence-electron chi connectivity index (χ1n) is 4.78. The molecule has 5 heteroatoms. The van der Waals surface area contributed by atoms with Gasteiger partial charge in [-0.05, 0) is 24.3 Å². The van der Waals surface area contributed by atoms with Crippen molar-refractivity contribution in [2.45, 2.75) is 0 Å². The lowest BCUT2D eigenvalue weighted by Crippen LogP contribution is -2.26. The Labute approximate surface area is 96.3 Å². The molecule has 0 aromatic heterocycles. The number of carboxylic acids is 1. The minimum absolute atomic E-state index is 0.0370. The zero-order valence-corrected chi connectivity index (χ0v) is 8.90. The molecule has 86 valence electrons. The number of rotatable bonds is 1. The standard InChI is InChI=1S/C12H8FNO3/c1-14-10-3-2-8(13)5-9(10)7(6-15)4-11(14)12(16)17/h2-5H,1H3,(H,16,17). The second-order valence-electron chi connectivity index (χ2n) is 3.57. The van der Waals surface area contributed by atoms with E-state index in [1.165, 1.54) is 36.2 Å². The number of aliphatic carboxylic acids is 1. The summed E-state index contributed by atoms with van der Waals surface area (Å²) in [6.45, 7) is 0. The summed E-state index contributed by atoms with van der Waals surface area (Å²) in [7, 11) is 1.54. The largest absolute Gasteiger partial charge is 0.477 e. The molecule has 1 N–H and O–H groups in total. The smallest absolute Gasteiger partial charge is 0.352 e. The van der Waals surface area contributed by atoms with Crippen molar-refractivity contribution in [3.8, 4) is 0 Å². The highest BCUT2D eigenvalue weighted by Gasteiger charge is 2.24. The fourth-order valence-corrected chi connectivity index (χ4v) is 1.75. The van der Waals surface area contributed by atoms with E-state index in [-0.39, 0.29) is 11.3 Å². The first-order valence-corrected chi connectivity index (χ1v) is 4.78. The van der Waals surface area contributed by atoms with Gasteiger partial charge >= 0.3 is 5.97 Å². The topological polar surface area (TPSA) is 57.6 Å². The monoisotopic (exact) mass is 233 g/mol. The van der Waals surface area contributed by atoms with Crippen LogP contribution in [0.1, 0.15) is 5.56 Å². The zero-order chi connectivity index (χ0) is 12.6. The predicted molar refractivity (Wildman–Crippen MR) is 59.6 cm³/mol. The van der Waals surface area contributed by atoms with E-state index in [9.17, 15) is 14.0 Å². The van der Waals surface area contributed by atoms with Gasteiger partial charge in [-0.3, -0.25) is 0 Å². The van der Waals surface area contributed by atoms with Crippen LogP contribution in [0.3, 0.4) is 0 Å². The van der Waals surface area contributed by atoms with Gasteiger partial charge in [-0.2, -0.15) is 0 Å². The lowest BCUT2D eigenvalue weighted by molar-refractivity contribution is -0.132. The lowest BCUT2D eigenvalue weighted by atomic mass is 9.99. The molecule has 0 aliphatic carbocycles. The van der Waals surface area contributed by atoms with Crippen LogP contribution >= 0.6 is 0 Å². The van der Waals surface area contributed by atoms with E-state index in [2.05, 4.69) is 0 Å². The van der Waals surface area contributed by atoms with E-state index in [1.807, 2.05) is 0 Å². The molecule has 0 spiro atoms. The van der Waals surface area contributed by atoms with Crippen LogP contribution in [-0.2, 0) is 9.59 Å². The SMILES string of the molecule is CN1C(C(=O)O)=CC(=C=O)c2cc(F)ccc21. The Morgan fingerprint density at radius 3 is 2.76 bits per heavy atom. The number of fused-ring (bicyclic) bond motifs is 1. The average Bonchev–Trinajstić information content (AvgIpc) is 2.29. The molecule has 0 amide bonds. The molecule has 1 aliphatic rings. The molecule has 1 aliphatic heterocycles. The summed E-state index contributed by atoms with van der Waals surface area (Å²) < 4.78 is 13.1. The number of carbonyl (C=O) groups excluding carboxylic acids is 1. The molecule has 1 heterocycles. The quantitative estimate of drug-likeness (QED) is 0.746. The van der Waals surface area contributed by atoms with Crippen molar-refractivity contribution in [2.24, 2.45) is 0 Å². The van der Waals surface area contributed by atoms with Crippen molar-refractivity contribution >= 4 is 23.2 Å². The third-order valence-electron chi connectivity index (χ3n) is 2.58. The maximum absolute atomic E-state index is 13.1. The summed E-state index contributed by atoms with van der Waals surface area (Å²) >= 11 is 0. The average molecular weight is 233 g/mol. The first-order chi connectivity index (χ1) is 8.04. The minimum Gasteiger partial charge on any atom is -0.477 e. The van der Waals surface area contributed by atoms with Gasteiger partial charge < -0.3 is 10.0 Å². The highest BCUT2D eigenvalue weighted by molar-refractivity contribution is 6.06. The molecule has 0 bridgehead atoms. The molecule has 0 unspecified atom stereocenters. The van der Waals surface area contributed by atoms with Crippen LogP contribution in [0.2, 0.25) is 0 Å². The van der Waals surface area contributed by atoms with Gasteiger partial charge in [0, 0.05) is 18.3 Å². The Balaban J connectivity index is 2.69. The van der Waals surface area contributed by atoms with E-state index in [1.54, 1.807) is 5.94 Å². The molecule has 0 radical (unpaired) electrons. The van der Waals surface area contributed by atoms with Crippen LogP contribution < -0.4 is 4.90 Å². The van der Waals surface area contributed by atoms with Crippen LogP contribution in [0, 0.1) is 5.82 Å². The van der Waals surface area contributed by atoms with E-state index >= 15 is 0 Å². The van der Waals surface area contributed by atoms with Crippen molar-refractivity contribution in [2.75, 3.05) is 11.9 Å². The molecule has 17 heavy (non-hydrogen) atoms. The Bertz CT molecular complexity index is 585. The molecule has 4 nitrogen and oxygen atoms in total. The van der Waals surface area contributed by atoms with Crippen LogP contribution in [-0.4, -0.2) is 24.1 Å². The molecule has 2 rings (SSSR count). The Hall–Kier alpha value is -2.39. The van der Waals surface area contributed by atoms with Crippen molar-refractivity contribution in [3.63, 3.8) is 0 Å². The number of carbonyl (C=O) groups is 1. The zero-order valence-electron chi connectivity index (χ0n) is 8.90. The Kier molecular flexibility index (Phi) is 2.54. The number of halogens is 1. The maximum Gasteiger partial charge on any atom is 0.352 e. The first kappa shape index (κ1) is 11.1. The van der Waals surface area contributed by atoms with Crippen molar-refractivity contribution in [3.05, 3.63) is 41.4 Å². The van der Waals surface area contributed by atoms with Crippen LogP contribution in [0.4, 0.5) is 10.1 Å². The molecule has 1 aromatic carbocycles. The van der Waals surface area contributed by atoms with Gasteiger partial charge in [0.15, 0.2) is 0 Å². The van der Waals surface area contributed by atoms with Crippen molar-refractivity contribution in [1.29, 1.82) is 0 Å². The molecule has 0 atom stereocenters. The predicted octanol–water partition coefficient (Wildman–Crippen LogP) is 1.46. The van der Waals surface area contributed by atoms with E-state index in [0.29, 0.717) is 11.3 Å². The minimum atomic E-state index is -1.16. The van der Waals surface area contributed by atoms with Gasteiger partial charge in [-0.15, -0.1) is 0 Å². The molecule has 0 saturated heterocycles. The number of hydrogen-bond donors (Lipinski definition) is 1. The highest BCUT2D eigenvalue weighted by Crippen LogP contribution is 2.34. The maximum atomic E-state index is 13.1. The van der Waals surface area contributed by atoms with Crippen molar-refractivity contribution in [1.82, 2.24) is 0 Å². The highest BCUT2D eigenvalue weighted by atomic mass is 19.1. The number of carboxylic acid groups (broad SMARTS) is 1. The number of anilines is 1. The molecule has 0 saturated carbocycles. The van der Waals surface area contributed by atoms with E-state index < -0.39 is 11.8 Å². The number of hydrogen-bond acceptors (Lipinski definition) is 3.